The molecule has 0 aliphatic rings. The average Bonchev–Trinajstić information content (AvgIpc) is 3.28. The van der Waals surface area contributed by atoms with Crippen molar-refractivity contribution in [3.05, 3.63) is 59.7 Å². The van der Waals surface area contributed by atoms with E-state index in [-0.39, 0.29) is 18.9 Å². The predicted octanol–water partition coefficient (Wildman–Crippen LogP) is 3.03. The SMILES string of the molecule is COCc1c(C(=O)OC(C)C(=O)NCc2ccco2)oc2ccccc12. The number of hydrogen-bond donors (Lipinski definition) is 1. The summed E-state index contributed by atoms with van der Waals surface area (Å²) in [5.41, 5.74) is 1.15. The molecule has 1 unspecified atom stereocenters. The molecule has 0 saturated carbocycles. The van der Waals surface area contributed by atoms with Crippen molar-refractivity contribution in [2.24, 2.45) is 0 Å². The number of carbonyl (C=O) groups excluding carboxylic acids is 2. The number of furan rings is 2. The number of ether oxygens (including phenoxy) is 2. The molecule has 7 nitrogen and oxygen atoms in total. The second kappa shape index (κ2) is 7.88. The molecule has 1 atom stereocenters. The third kappa shape index (κ3) is 3.78. The number of amides is 1. The van der Waals surface area contributed by atoms with Crippen LogP contribution in [0, 0.1) is 0 Å². The smallest absolute Gasteiger partial charge is 0.375 e. The van der Waals surface area contributed by atoms with E-state index >= 15 is 0 Å². The molecule has 0 aliphatic carbocycles. The molecule has 2 aromatic heterocycles. The first-order valence-electron chi connectivity index (χ1n) is 8.10. The Balaban J connectivity index is 1.69. The molecule has 0 saturated heterocycles. The topological polar surface area (TPSA) is 90.9 Å². The molecule has 3 rings (SSSR count). The van der Waals surface area contributed by atoms with Crippen LogP contribution in [0.25, 0.3) is 11.0 Å². The van der Waals surface area contributed by atoms with E-state index in [1.54, 1.807) is 18.2 Å². The summed E-state index contributed by atoms with van der Waals surface area (Å²) in [6.45, 7) is 1.90. The van der Waals surface area contributed by atoms with E-state index in [0.717, 1.165) is 5.39 Å². The Bertz CT molecular complexity index is 896. The molecular formula is C19H19NO6. The molecule has 26 heavy (non-hydrogen) atoms. The quantitative estimate of drug-likeness (QED) is 0.654. The molecule has 3 aromatic rings. The van der Waals surface area contributed by atoms with Gasteiger partial charge in [-0.2, -0.15) is 0 Å². The highest BCUT2D eigenvalue weighted by atomic mass is 16.6. The highest BCUT2D eigenvalue weighted by Crippen LogP contribution is 2.27. The van der Waals surface area contributed by atoms with Gasteiger partial charge in [-0.1, -0.05) is 18.2 Å². The maximum atomic E-state index is 12.5. The number of methoxy groups -OCH3 is 1. The van der Waals surface area contributed by atoms with Crippen molar-refractivity contribution in [2.45, 2.75) is 26.2 Å². The van der Waals surface area contributed by atoms with Gasteiger partial charge in [0.2, 0.25) is 5.76 Å². The number of fused-ring (bicyclic) bond motifs is 1. The van der Waals surface area contributed by atoms with Crippen LogP contribution in [0.3, 0.4) is 0 Å². The monoisotopic (exact) mass is 357 g/mol. The largest absolute Gasteiger partial charge is 0.467 e. The highest BCUT2D eigenvalue weighted by molar-refractivity contribution is 5.97. The lowest BCUT2D eigenvalue weighted by atomic mass is 10.1. The van der Waals surface area contributed by atoms with Crippen molar-refractivity contribution in [1.82, 2.24) is 5.32 Å². The Morgan fingerprint density at radius 1 is 1.19 bits per heavy atom. The maximum Gasteiger partial charge on any atom is 0.375 e. The van der Waals surface area contributed by atoms with Gasteiger partial charge in [-0.3, -0.25) is 4.79 Å². The molecule has 1 N–H and O–H groups in total. The van der Waals surface area contributed by atoms with E-state index in [9.17, 15) is 9.59 Å². The molecule has 1 amide bonds. The first-order chi connectivity index (χ1) is 12.6. The second-order valence-electron chi connectivity index (χ2n) is 5.68. The minimum atomic E-state index is -0.985. The van der Waals surface area contributed by atoms with Gasteiger partial charge < -0.3 is 23.6 Å². The Labute approximate surface area is 149 Å². The first-order valence-corrected chi connectivity index (χ1v) is 8.10. The summed E-state index contributed by atoms with van der Waals surface area (Å²) in [5, 5.41) is 3.42. The van der Waals surface area contributed by atoms with Gasteiger partial charge in [-0.25, -0.2) is 4.79 Å². The van der Waals surface area contributed by atoms with Crippen molar-refractivity contribution in [3.63, 3.8) is 0 Å². The van der Waals surface area contributed by atoms with Gasteiger partial charge >= 0.3 is 5.97 Å². The minimum Gasteiger partial charge on any atom is -0.467 e. The lowest BCUT2D eigenvalue weighted by Crippen LogP contribution is -2.35. The van der Waals surface area contributed by atoms with E-state index in [0.29, 0.717) is 16.9 Å². The Kier molecular flexibility index (Phi) is 5.38. The third-order valence-corrected chi connectivity index (χ3v) is 3.84. The van der Waals surface area contributed by atoms with E-state index < -0.39 is 18.0 Å². The summed E-state index contributed by atoms with van der Waals surface area (Å²) in [4.78, 5) is 24.6. The molecule has 1 aromatic carbocycles. The second-order valence-corrected chi connectivity index (χ2v) is 5.68. The molecule has 0 bridgehead atoms. The Morgan fingerprint density at radius 3 is 2.73 bits per heavy atom. The zero-order valence-electron chi connectivity index (χ0n) is 14.5. The fourth-order valence-corrected chi connectivity index (χ4v) is 2.55. The fraction of sp³-hybridized carbons (Fsp3) is 0.263. The van der Waals surface area contributed by atoms with Crippen LogP contribution in [0.1, 0.15) is 28.8 Å². The van der Waals surface area contributed by atoms with Crippen molar-refractivity contribution in [3.8, 4) is 0 Å². The molecule has 136 valence electrons. The van der Waals surface area contributed by atoms with Gasteiger partial charge in [0.05, 0.1) is 19.4 Å². The molecule has 0 spiro atoms. The lowest BCUT2D eigenvalue weighted by Gasteiger charge is -2.12. The zero-order chi connectivity index (χ0) is 18.5. The van der Waals surface area contributed by atoms with Crippen LogP contribution in [0.5, 0.6) is 0 Å². The number of nitrogens with one attached hydrogen (secondary N) is 1. The van der Waals surface area contributed by atoms with E-state index in [4.69, 9.17) is 18.3 Å². The molecule has 2 heterocycles. The van der Waals surface area contributed by atoms with Crippen LogP contribution < -0.4 is 5.32 Å². The molecule has 0 fully saturated rings. The van der Waals surface area contributed by atoms with E-state index in [2.05, 4.69) is 5.32 Å². The maximum absolute atomic E-state index is 12.5. The van der Waals surface area contributed by atoms with Gasteiger partial charge in [-0.15, -0.1) is 0 Å². The van der Waals surface area contributed by atoms with Gasteiger partial charge in [-0.05, 0) is 25.1 Å². The Morgan fingerprint density at radius 2 is 2.00 bits per heavy atom. The summed E-state index contributed by atoms with van der Waals surface area (Å²) in [7, 11) is 1.53. The van der Waals surface area contributed by atoms with Crippen molar-refractivity contribution >= 4 is 22.8 Å². The number of hydrogen-bond acceptors (Lipinski definition) is 6. The molecule has 0 aliphatic heterocycles. The van der Waals surface area contributed by atoms with Gasteiger partial charge in [0.1, 0.15) is 11.3 Å². The van der Waals surface area contributed by atoms with Crippen LogP contribution in [0.2, 0.25) is 0 Å². The van der Waals surface area contributed by atoms with Crippen LogP contribution in [0.4, 0.5) is 0 Å². The van der Waals surface area contributed by atoms with Crippen molar-refractivity contribution in [2.75, 3.05) is 7.11 Å². The molecule has 0 radical (unpaired) electrons. The standard InChI is InChI=1S/C19H19NO6/c1-12(18(21)20-10-13-6-5-9-24-13)25-19(22)17-15(11-23-2)14-7-3-4-8-16(14)26-17/h3-9,12H,10-11H2,1-2H3,(H,20,21). The number of benzene rings is 1. The fourth-order valence-electron chi connectivity index (χ4n) is 2.55. The van der Waals surface area contributed by atoms with Gasteiger partial charge in [0.15, 0.2) is 6.10 Å². The summed E-state index contributed by atoms with van der Waals surface area (Å²) < 4.78 is 21.2. The number of para-hydroxylation sites is 1. The number of rotatable bonds is 7. The van der Waals surface area contributed by atoms with Crippen LogP contribution >= 0.6 is 0 Å². The first kappa shape index (κ1) is 17.8. The molecular weight excluding hydrogens is 338 g/mol. The van der Waals surface area contributed by atoms with Crippen molar-refractivity contribution in [1.29, 1.82) is 0 Å². The van der Waals surface area contributed by atoms with Crippen molar-refractivity contribution < 1.29 is 27.9 Å². The predicted molar refractivity (Wildman–Crippen MR) is 92.4 cm³/mol. The third-order valence-electron chi connectivity index (χ3n) is 3.84. The normalized spacial score (nSPS) is 12.1. The summed E-state index contributed by atoms with van der Waals surface area (Å²) in [6, 6.07) is 10.7. The summed E-state index contributed by atoms with van der Waals surface area (Å²) in [6.07, 6.45) is 0.533. The van der Waals surface area contributed by atoms with E-state index in [1.165, 1.54) is 20.3 Å². The highest BCUT2D eigenvalue weighted by Gasteiger charge is 2.25. The summed E-state index contributed by atoms with van der Waals surface area (Å²) >= 11 is 0. The van der Waals surface area contributed by atoms with Gasteiger partial charge in [0, 0.05) is 18.1 Å². The van der Waals surface area contributed by atoms with Crippen LogP contribution in [0.15, 0.2) is 51.5 Å². The van der Waals surface area contributed by atoms with E-state index in [1.807, 2.05) is 18.2 Å². The van der Waals surface area contributed by atoms with Gasteiger partial charge in [0.25, 0.3) is 5.91 Å². The minimum absolute atomic E-state index is 0.0405. The van der Waals surface area contributed by atoms with Crippen LogP contribution in [-0.2, 0) is 27.4 Å². The summed E-state index contributed by atoms with van der Waals surface area (Å²) in [5.74, 6) is -0.497. The van der Waals surface area contributed by atoms with Crippen LogP contribution in [-0.4, -0.2) is 25.1 Å². The Hall–Kier alpha value is -3.06. The number of esters is 1. The number of carbonyl (C=O) groups is 2. The zero-order valence-corrected chi connectivity index (χ0v) is 14.5. The molecule has 7 heteroatoms. The average molecular weight is 357 g/mol. The lowest BCUT2D eigenvalue weighted by molar-refractivity contribution is -0.129.